The Balaban J connectivity index is 1.76. The highest BCUT2D eigenvalue weighted by molar-refractivity contribution is 8.00. The van der Waals surface area contributed by atoms with E-state index in [9.17, 15) is 4.79 Å². The van der Waals surface area contributed by atoms with Gasteiger partial charge in [0, 0.05) is 13.6 Å². The van der Waals surface area contributed by atoms with E-state index < -0.39 is 0 Å². The Morgan fingerprint density at radius 3 is 2.80 bits per heavy atom. The molecular formula is C14H18N4OS. The van der Waals surface area contributed by atoms with E-state index in [-0.39, 0.29) is 11.2 Å². The second-order valence-corrected chi connectivity index (χ2v) is 5.82. The molecule has 5 nitrogen and oxygen atoms in total. The number of nitrogens with one attached hydrogen (secondary N) is 1. The number of carbonyl (C=O) groups is 1. The van der Waals surface area contributed by atoms with Gasteiger partial charge in [0.1, 0.15) is 6.33 Å². The third-order valence-corrected chi connectivity index (χ3v) is 4.03. The van der Waals surface area contributed by atoms with Crippen molar-refractivity contribution in [1.29, 1.82) is 0 Å². The summed E-state index contributed by atoms with van der Waals surface area (Å²) < 4.78 is 1.80. The predicted molar refractivity (Wildman–Crippen MR) is 79.5 cm³/mol. The fraction of sp³-hybridized carbons (Fsp3) is 0.357. The van der Waals surface area contributed by atoms with Gasteiger partial charge >= 0.3 is 0 Å². The number of hydrogen-bond acceptors (Lipinski definition) is 4. The molecule has 1 atom stereocenters. The summed E-state index contributed by atoms with van der Waals surface area (Å²) in [7, 11) is 1.86. The van der Waals surface area contributed by atoms with E-state index in [4.69, 9.17) is 0 Å². The fourth-order valence-corrected chi connectivity index (χ4v) is 2.52. The SMILES string of the molecule is C[C@H](Sc1nncn1C)C(=O)NCCc1ccccc1. The van der Waals surface area contributed by atoms with Gasteiger partial charge in [-0.2, -0.15) is 0 Å². The lowest BCUT2D eigenvalue weighted by molar-refractivity contribution is -0.120. The molecule has 2 aromatic rings. The summed E-state index contributed by atoms with van der Waals surface area (Å²) in [6.45, 7) is 2.52. The van der Waals surface area contributed by atoms with Crippen LogP contribution < -0.4 is 5.32 Å². The Bertz CT molecular complexity index is 555. The van der Waals surface area contributed by atoms with Crippen LogP contribution in [0.3, 0.4) is 0 Å². The lowest BCUT2D eigenvalue weighted by atomic mass is 10.1. The zero-order valence-electron chi connectivity index (χ0n) is 11.6. The normalized spacial score (nSPS) is 12.1. The van der Waals surface area contributed by atoms with Crippen LogP contribution in [-0.4, -0.2) is 32.5 Å². The van der Waals surface area contributed by atoms with Crippen molar-refractivity contribution in [3.63, 3.8) is 0 Å². The molecular weight excluding hydrogens is 272 g/mol. The van der Waals surface area contributed by atoms with E-state index in [0.29, 0.717) is 6.54 Å². The number of aryl methyl sites for hydroxylation is 1. The molecule has 0 radical (unpaired) electrons. The van der Waals surface area contributed by atoms with Crippen molar-refractivity contribution in [2.45, 2.75) is 23.8 Å². The molecule has 1 N–H and O–H groups in total. The topological polar surface area (TPSA) is 59.8 Å². The summed E-state index contributed by atoms with van der Waals surface area (Å²) in [4.78, 5) is 12.0. The molecule has 6 heteroatoms. The first kappa shape index (κ1) is 14.6. The van der Waals surface area contributed by atoms with E-state index in [1.807, 2.05) is 32.2 Å². The summed E-state index contributed by atoms with van der Waals surface area (Å²) >= 11 is 1.41. The first-order chi connectivity index (χ1) is 9.66. The van der Waals surface area contributed by atoms with Gasteiger partial charge in [-0.1, -0.05) is 42.1 Å². The number of benzene rings is 1. The first-order valence-corrected chi connectivity index (χ1v) is 7.37. The molecule has 1 aromatic heterocycles. The molecule has 1 amide bonds. The third-order valence-electron chi connectivity index (χ3n) is 2.88. The highest BCUT2D eigenvalue weighted by atomic mass is 32.2. The number of nitrogens with zero attached hydrogens (tertiary/aromatic N) is 3. The number of amides is 1. The number of hydrogen-bond donors (Lipinski definition) is 1. The maximum absolute atomic E-state index is 12.0. The summed E-state index contributed by atoms with van der Waals surface area (Å²) in [5.74, 6) is 0.0222. The average molecular weight is 290 g/mol. The van der Waals surface area contributed by atoms with Gasteiger partial charge in [0.05, 0.1) is 5.25 Å². The maximum atomic E-state index is 12.0. The molecule has 106 valence electrons. The molecule has 1 aromatic carbocycles. The highest BCUT2D eigenvalue weighted by Crippen LogP contribution is 2.19. The average Bonchev–Trinajstić information content (AvgIpc) is 2.85. The van der Waals surface area contributed by atoms with Crippen LogP contribution in [0, 0.1) is 0 Å². The summed E-state index contributed by atoms with van der Waals surface area (Å²) in [6, 6.07) is 10.1. The van der Waals surface area contributed by atoms with E-state index in [1.165, 1.54) is 17.3 Å². The van der Waals surface area contributed by atoms with Gasteiger partial charge in [-0.25, -0.2) is 0 Å². The quantitative estimate of drug-likeness (QED) is 0.822. The minimum atomic E-state index is -0.186. The lowest BCUT2D eigenvalue weighted by Crippen LogP contribution is -2.32. The first-order valence-electron chi connectivity index (χ1n) is 6.49. The maximum Gasteiger partial charge on any atom is 0.233 e. The number of carbonyl (C=O) groups excluding carboxylic acids is 1. The van der Waals surface area contributed by atoms with Crippen molar-refractivity contribution in [2.24, 2.45) is 7.05 Å². The largest absolute Gasteiger partial charge is 0.355 e. The molecule has 0 aliphatic heterocycles. The van der Waals surface area contributed by atoms with Crippen molar-refractivity contribution in [2.75, 3.05) is 6.54 Å². The van der Waals surface area contributed by atoms with Gasteiger partial charge in [0.25, 0.3) is 0 Å². The lowest BCUT2D eigenvalue weighted by Gasteiger charge is -2.11. The Hall–Kier alpha value is -1.82. The van der Waals surface area contributed by atoms with Crippen molar-refractivity contribution in [3.8, 4) is 0 Å². The van der Waals surface area contributed by atoms with Crippen LogP contribution in [0.4, 0.5) is 0 Å². The Morgan fingerprint density at radius 2 is 2.15 bits per heavy atom. The minimum Gasteiger partial charge on any atom is -0.355 e. The van der Waals surface area contributed by atoms with Gasteiger partial charge in [-0.05, 0) is 18.9 Å². The second kappa shape index (κ2) is 7.09. The molecule has 0 aliphatic carbocycles. The highest BCUT2D eigenvalue weighted by Gasteiger charge is 2.16. The van der Waals surface area contributed by atoms with Crippen LogP contribution in [0.15, 0.2) is 41.8 Å². The van der Waals surface area contributed by atoms with Crippen LogP contribution in [0.1, 0.15) is 12.5 Å². The van der Waals surface area contributed by atoms with Gasteiger partial charge in [-0.15, -0.1) is 10.2 Å². The molecule has 0 spiro atoms. The van der Waals surface area contributed by atoms with Gasteiger partial charge in [0.2, 0.25) is 5.91 Å². The molecule has 0 unspecified atom stereocenters. The molecule has 2 rings (SSSR count). The number of thioether (sulfide) groups is 1. The molecule has 0 saturated heterocycles. The zero-order chi connectivity index (χ0) is 14.4. The Morgan fingerprint density at radius 1 is 1.40 bits per heavy atom. The van der Waals surface area contributed by atoms with Gasteiger partial charge < -0.3 is 9.88 Å². The van der Waals surface area contributed by atoms with Crippen LogP contribution in [0.25, 0.3) is 0 Å². The van der Waals surface area contributed by atoms with Crippen molar-refractivity contribution in [1.82, 2.24) is 20.1 Å². The van der Waals surface area contributed by atoms with Crippen molar-refractivity contribution < 1.29 is 4.79 Å². The van der Waals surface area contributed by atoms with Gasteiger partial charge in [0.15, 0.2) is 5.16 Å². The fourth-order valence-electron chi connectivity index (χ4n) is 1.71. The second-order valence-electron chi connectivity index (χ2n) is 4.51. The number of aromatic nitrogens is 3. The van der Waals surface area contributed by atoms with Crippen LogP contribution >= 0.6 is 11.8 Å². The van der Waals surface area contributed by atoms with Crippen molar-refractivity contribution >= 4 is 17.7 Å². The Labute approximate surface area is 122 Å². The number of rotatable bonds is 6. The van der Waals surface area contributed by atoms with Crippen LogP contribution in [0.5, 0.6) is 0 Å². The monoisotopic (exact) mass is 290 g/mol. The Kier molecular flexibility index (Phi) is 5.17. The predicted octanol–water partition coefficient (Wildman–Crippen LogP) is 1.65. The van der Waals surface area contributed by atoms with E-state index in [0.717, 1.165) is 11.6 Å². The molecule has 0 aliphatic rings. The van der Waals surface area contributed by atoms with Crippen LogP contribution in [0.2, 0.25) is 0 Å². The van der Waals surface area contributed by atoms with E-state index in [2.05, 4.69) is 27.6 Å². The smallest absolute Gasteiger partial charge is 0.233 e. The van der Waals surface area contributed by atoms with Crippen LogP contribution in [-0.2, 0) is 18.3 Å². The van der Waals surface area contributed by atoms with Gasteiger partial charge in [-0.3, -0.25) is 4.79 Å². The summed E-state index contributed by atoms with van der Waals surface area (Å²) in [5.41, 5.74) is 1.22. The van der Waals surface area contributed by atoms with E-state index in [1.54, 1.807) is 10.9 Å². The van der Waals surface area contributed by atoms with Crippen molar-refractivity contribution in [3.05, 3.63) is 42.2 Å². The summed E-state index contributed by atoms with van der Waals surface area (Å²) in [6.07, 6.45) is 2.47. The standard InChI is InChI=1S/C14H18N4OS/c1-11(20-14-17-16-10-18(14)2)13(19)15-9-8-12-6-4-3-5-7-12/h3-7,10-11H,8-9H2,1-2H3,(H,15,19)/t11-/m0/s1. The zero-order valence-corrected chi connectivity index (χ0v) is 12.4. The van der Waals surface area contributed by atoms with E-state index >= 15 is 0 Å². The third kappa shape index (κ3) is 4.09. The molecule has 20 heavy (non-hydrogen) atoms. The molecule has 0 bridgehead atoms. The molecule has 0 saturated carbocycles. The summed E-state index contributed by atoms with van der Waals surface area (Å²) in [5, 5.41) is 11.3. The molecule has 0 fully saturated rings. The minimum absolute atomic E-state index is 0.0222. The molecule has 1 heterocycles.